The fourth-order valence-electron chi connectivity index (χ4n) is 1.97. The Kier molecular flexibility index (Phi) is 4.20. The molecule has 0 saturated carbocycles. The Morgan fingerprint density at radius 1 is 1.29 bits per heavy atom. The second kappa shape index (κ2) is 5.67. The van der Waals surface area contributed by atoms with E-state index in [4.69, 9.17) is 29.6 Å². The van der Waals surface area contributed by atoms with Gasteiger partial charge in [-0.2, -0.15) is 0 Å². The molecular formula is C12H16ClN3S. The molecule has 1 aromatic carbocycles. The molecule has 1 aliphatic rings. The number of nitrogens with one attached hydrogen (secondary N) is 1. The number of hydrazine groups is 1. The topological polar surface area (TPSA) is 41.3 Å². The standard InChI is InChI=1S/C12H16ClN3S/c13-11-8-9(4-5-10(11)12(14)17)15-16-6-2-1-3-7-16/h4-5,8,15H,1-3,6-7H2,(H2,14,17). The van der Waals surface area contributed by atoms with Crippen LogP contribution in [0.5, 0.6) is 0 Å². The molecule has 1 heterocycles. The molecule has 0 radical (unpaired) electrons. The molecule has 3 nitrogen and oxygen atoms in total. The quantitative estimate of drug-likeness (QED) is 0.828. The second-order valence-electron chi connectivity index (χ2n) is 4.22. The van der Waals surface area contributed by atoms with Crippen LogP contribution in [0.3, 0.4) is 0 Å². The van der Waals surface area contributed by atoms with Gasteiger partial charge in [0.25, 0.3) is 0 Å². The first kappa shape index (κ1) is 12.6. The Balaban J connectivity index is 2.06. The third kappa shape index (κ3) is 3.31. The Hall–Kier alpha value is -0.840. The number of thiocarbonyl (C=S) groups is 1. The number of nitrogens with zero attached hydrogens (tertiary/aromatic N) is 1. The SMILES string of the molecule is NC(=S)c1ccc(NN2CCCCC2)cc1Cl. The third-order valence-corrected chi connectivity index (χ3v) is 3.41. The molecule has 0 spiro atoms. The lowest BCUT2D eigenvalue weighted by molar-refractivity contribution is 0.273. The molecule has 2 rings (SSSR count). The van der Waals surface area contributed by atoms with Crippen molar-refractivity contribution in [1.82, 2.24) is 5.01 Å². The van der Waals surface area contributed by atoms with E-state index in [1.165, 1.54) is 19.3 Å². The fourth-order valence-corrected chi connectivity index (χ4v) is 2.49. The molecule has 5 heteroatoms. The number of hydrogen-bond donors (Lipinski definition) is 2. The van der Waals surface area contributed by atoms with E-state index in [1.54, 1.807) is 0 Å². The van der Waals surface area contributed by atoms with E-state index >= 15 is 0 Å². The minimum Gasteiger partial charge on any atom is -0.389 e. The van der Waals surface area contributed by atoms with E-state index in [0.717, 1.165) is 24.3 Å². The van der Waals surface area contributed by atoms with Gasteiger partial charge < -0.3 is 11.2 Å². The first-order valence-corrected chi connectivity index (χ1v) is 6.56. The molecule has 0 unspecified atom stereocenters. The summed E-state index contributed by atoms with van der Waals surface area (Å²) < 4.78 is 0. The summed E-state index contributed by atoms with van der Waals surface area (Å²) in [7, 11) is 0. The molecule has 17 heavy (non-hydrogen) atoms. The van der Waals surface area contributed by atoms with Gasteiger partial charge in [-0.05, 0) is 31.0 Å². The zero-order valence-electron chi connectivity index (χ0n) is 9.58. The van der Waals surface area contributed by atoms with Gasteiger partial charge in [0.2, 0.25) is 0 Å². The van der Waals surface area contributed by atoms with Crippen LogP contribution >= 0.6 is 23.8 Å². The first-order chi connectivity index (χ1) is 8.16. The van der Waals surface area contributed by atoms with Gasteiger partial charge >= 0.3 is 0 Å². The maximum absolute atomic E-state index is 6.12. The summed E-state index contributed by atoms with van der Waals surface area (Å²) in [6.07, 6.45) is 3.80. The molecule has 0 atom stereocenters. The van der Waals surface area contributed by atoms with Crippen LogP contribution < -0.4 is 11.2 Å². The molecule has 0 aliphatic carbocycles. The van der Waals surface area contributed by atoms with Crippen LogP contribution in [0, 0.1) is 0 Å². The number of halogens is 1. The normalized spacial score (nSPS) is 16.8. The predicted molar refractivity (Wildman–Crippen MR) is 76.4 cm³/mol. The van der Waals surface area contributed by atoms with Crippen LogP contribution in [0.4, 0.5) is 5.69 Å². The zero-order chi connectivity index (χ0) is 12.3. The smallest absolute Gasteiger partial charge is 0.105 e. The molecule has 3 N–H and O–H groups in total. The van der Waals surface area contributed by atoms with Gasteiger partial charge in [0, 0.05) is 18.7 Å². The lowest BCUT2D eigenvalue weighted by Crippen LogP contribution is -2.34. The molecular weight excluding hydrogens is 254 g/mol. The predicted octanol–water partition coefficient (Wildman–Crippen LogP) is 2.79. The lowest BCUT2D eigenvalue weighted by atomic mass is 10.1. The van der Waals surface area contributed by atoms with Crippen molar-refractivity contribution in [1.29, 1.82) is 0 Å². The molecule has 0 bridgehead atoms. The van der Waals surface area contributed by atoms with Gasteiger partial charge in [-0.15, -0.1) is 0 Å². The van der Waals surface area contributed by atoms with Gasteiger partial charge in [-0.1, -0.05) is 30.2 Å². The van der Waals surface area contributed by atoms with E-state index in [0.29, 0.717) is 10.0 Å². The summed E-state index contributed by atoms with van der Waals surface area (Å²) in [5, 5.41) is 2.81. The monoisotopic (exact) mass is 269 g/mol. The molecule has 1 aromatic rings. The van der Waals surface area contributed by atoms with Gasteiger partial charge in [0.1, 0.15) is 4.99 Å². The fraction of sp³-hybridized carbons (Fsp3) is 0.417. The number of piperidine rings is 1. The van der Waals surface area contributed by atoms with E-state index in [9.17, 15) is 0 Å². The number of hydrogen-bond acceptors (Lipinski definition) is 3. The number of nitrogens with two attached hydrogens (primary N) is 1. The largest absolute Gasteiger partial charge is 0.389 e. The van der Waals surface area contributed by atoms with Gasteiger partial charge in [0.05, 0.1) is 10.7 Å². The summed E-state index contributed by atoms with van der Waals surface area (Å²) in [4.78, 5) is 0.333. The van der Waals surface area contributed by atoms with Crippen LogP contribution in [-0.2, 0) is 0 Å². The number of anilines is 1. The van der Waals surface area contributed by atoms with Gasteiger partial charge in [-0.3, -0.25) is 0 Å². The summed E-state index contributed by atoms with van der Waals surface area (Å²) in [5.74, 6) is 0. The van der Waals surface area contributed by atoms with Crippen molar-refractivity contribution in [3.8, 4) is 0 Å². The van der Waals surface area contributed by atoms with Crippen molar-refractivity contribution < 1.29 is 0 Å². The third-order valence-electron chi connectivity index (χ3n) is 2.88. The minimum atomic E-state index is 0.333. The van der Waals surface area contributed by atoms with Gasteiger partial charge in [0.15, 0.2) is 0 Å². The minimum absolute atomic E-state index is 0.333. The number of rotatable bonds is 3. The van der Waals surface area contributed by atoms with Crippen LogP contribution in [0.25, 0.3) is 0 Å². The Morgan fingerprint density at radius 2 is 2.00 bits per heavy atom. The second-order valence-corrected chi connectivity index (χ2v) is 5.07. The van der Waals surface area contributed by atoms with Crippen molar-refractivity contribution in [2.24, 2.45) is 5.73 Å². The van der Waals surface area contributed by atoms with Crippen molar-refractivity contribution in [2.45, 2.75) is 19.3 Å². The summed E-state index contributed by atoms with van der Waals surface area (Å²) >= 11 is 11.0. The summed E-state index contributed by atoms with van der Waals surface area (Å²) in [6, 6.07) is 5.68. The molecule has 0 aromatic heterocycles. The molecule has 0 amide bonds. The lowest BCUT2D eigenvalue weighted by Gasteiger charge is -2.28. The highest BCUT2D eigenvalue weighted by atomic mass is 35.5. The molecule has 1 saturated heterocycles. The number of benzene rings is 1. The van der Waals surface area contributed by atoms with Crippen LogP contribution in [0.1, 0.15) is 24.8 Å². The van der Waals surface area contributed by atoms with Crippen LogP contribution in [0.15, 0.2) is 18.2 Å². The highest BCUT2D eigenvalue weighted by Crippen LogP contribution is 2.22. The zero-order valence-corrected chi connectivity index (χ0v) is 11.2. The van der Waals surface area contributed by atoms with E-state index in [-0.39, 0.29) is 0 Å². The van der Waals surface area contributed by atoms with Gasteiger partial charge in [-0.25, -0.2) is 5.01 Å². The Labute approximate surface area is 112 Å². The average Bonchev–Trinajstić information content (AvgIpc) is 2.30. The van der Waals surface area contributed by atoms with Crippen molar-refractivity contribution >= 4 is 34.5 Å². The van der Waals surface area contributed by atoms with Crippen molar-refractivity contribution in [3.63, 3.8) is 0 Å². The first-order valence-electron chi connectivity index (χ1n) is 5.78. The highest BCUT2D eigenvalue weighted by molar-refractivity contribution is 7.80. The summed E-state index contributed by atoms with van der Waals surface area (Å²) in [6.45, 7) is 2.16. The van der Waals surface area contributed by atoms with Crippen LogP contribution in [0.2, 0.25) is 5.02 Å². The maximum atomic E-state index is 6.12. The van der Waals surface area contributed by atoms with Crippen molar-refractivity contribution in [3.05, 3.63) is 28.8 Å². The molecule has 1 fully saturated rings. The molecule has 1 aliphatic heterocycles. The average molecular weight is 270 g/mol. The van der Waals surface area contributed by atoms with E-state index < -0.39 is 0 Å². The maximum Gasteiger partial charge on any atom is 0.105 e. The summed E-state index contributed by atoms with van der Waals surface area (Å²) in [5.41, 5.74) is 10.6. The highest BCUT2D eigenvalue weighted by Gasteiger charge is 2.10. The Bertz CT molecular complexity index is 416. The molecule has 92 valence electrons. The van der Waals surface area contributed by atoms with E-state index in [1.807, 2.05) is 18.2 Å². The van der Waals surface area contributed by atoms with E-state index in [2.05, 4.69) is 10.4 Å². The Morgan fingerprint density at radius 3 is 2.59 bits per heavy atom. The van der Waals surface area contributed by atoms with Crippen LogP contribution in [-0.4, -0.2) is 23.1 Å². The van der Waals surface area contributed by atoms with Crippen molar-refractivity contribution in [2.75, 3.05) is 18.5 Å².